The number of benzene rings is 2. The molecule has 0 fully saturated rings. The lowest BCUT2D eigenvalue weighted by molar-refractivity contribution is 0.628. The molecule has 6 nitrogen and oxygen atoms in total. The van der Waals surface area contributed by atoms with Crippen molar-refractivity contribution in [3.8, 4) is 17.1 Å². The summed E-state index contributed by atoms with van der Waals surface area (Å²) in [6.45, 7) is 3.89. The van der Waals surface area contributed by atoms with Crippen molar-refractivity contribution >= 4 is 18.4 Å². The highest BCUT2D eigenvalue weighted by molar-refractivity contribution is 7.71. The third-order valence-electron chi connectivity index (χ3n) is 4.42. The summed E-state index contributed by atoms with van der Waals surface area (Å²) in [4.78, 5) is 0. The molecule has 0 bridgehead atoms. The topological polar surface area (TPSA) is 63.8 Å². The molecule has 0 unspecified atom stereocenters. The normalized spacial score (nSPS) is 11.4. The van der Waals surface area contributed by atoms with E-state index in [-0.39, 0.29) is 4.77 Å². The molecule has 4 rings (SSSR count). The Balaban J connectivity index is 1.76. The van der Waals surface area contributed by atoms with Crippen molar-refractivity contribution in [2.75, 3.05) is 0 Å². The number of nitrogens with one attached hydrogen (secondary N) is 1. The molecule has 0 atom stereocenters. The van der Waals surface area contributed by atoms with Crippen LogP contribution in [-0.4, -0.2) is 30.9 Å². The number of halogens is 1. The summed E-state index contributed by atoms with van der Waals surface area (Å²) < 4.78 is 17.7. The van der Waals surface area contributed by atoms with Gasteiger partial charge in [0.25, 0.3) is 0 Å². The van der Waals surface area contributed by atoms with Gasteiger partial charge in [-0.2, -0.15) is 20.0 Å². The molecule has 4 aromatic rings. The van der Waals surface area contributed by atoms with E-state index in [1.807, 2.05) is 48.9 Å². The van der Waals surface area contributed by atoms with Gasteiger partial charge in [-0.15, -0.1) is 0 Å². The summed E-state index contributed by atoms with van der Waals surface area (Å²) in [7, 11) is 0. The predicted octanol–water partition coefficient (Wildman–Crippen LogP) is 4.43. The van der Waals surface area contributed by atoms with Gasteiger partial charge < -0.3 is 0 Å². The van der Waals surface area contributed by atoms with E-state index < -0.39 is 5.82 Å². The molecule has 1 N–H and O–H groups in total. The summed E-state index contributed by atoms with van der Waals surface area (Å²) in [5.41, 5.74) is 3.92. The zero-order valence-corrected chi connectivity index (χ0v) is 16.1. The summed E-state index contributed by atoms with van der Waals surface area (Å²) in [6, 6.07) is 16.2. The van der Waals surface area contributed by atoms with Crippen LogP contribution >= 0.6 is 12.2 Å². The van der Waals surface area contributed by atoms with Gasteiger partial charge in [0.1, 0.15) is 5.82 Å². The van der Waals surface area contributed by atoms with E-state index in [4.69, 9.17) is 12.2 Å². The molecule has 2 aromatic heterocycles. The first-order chi connectivity index (χ1) is 13.6. The Morgan fingerprint density at radius 1 is 1.07 bits per heavy atom. The molecule has 0 aliphatic carbocycles. The average Bonchev–Trinajstić information content (AvgIpc) is 3.20. The van der Waals surface area contributed by atoms with Crippen molar-refractivity contribution in [3.63, 3.8) is 0 Å². The smallest absolute Gasteiger partial charge is 0.216 e. The van der Waals surface area contributed by atoms with E-state index in [9.17, 15) is 4.39 Å². The quantitative estimate of drug-likeness (QED) is 0.413. The summed E-state index contributed by atoms with van der Waals surface area (Å²) in [6.07, 6.45) is 1.67. The number of nitrogens with zero attached hydrogens (tertiary/aromatic N) is 5. The van der Waals surface area contributed by atoms with Crippen LogP contribution in [0.25, 0.3) is 17.1 Å². The van der Waals surface area contributed by atoms with Gasteiger partial charge in [0, 0.05) is 5.56 Å². The van der Waals surface area contributed by atoms with Crippen molar-refractivity contribution in [2.24, 2.45) is 5.10 Å². The largest absolute Gasteiger partial charge is 0.250 e. The third-order valence-corrected chi connectivity index (χ3v) is 4.68. The maximum Gasteiger partial charge on any atom is 0.216 e. The SMILES string of the molecule is Cc1nn(-c2ccccc2)c(C)c1/C=N\n1c(-c2ccccc2F)n[nH]c1=S. The second-order valence-electron chi connectivity index (χ2n) is 6.22. The summed E-state index contributed by atoms with van der Waals surface area (Å²) >= 11 is 5.27. The van der Waals surface area contributed by atoms with E-state index in [0.717, 1.165) is 22.6 Å². The highest BCUT2D eigenvalue weighted by atomic mass is 32.1. The van der Waals surface area contributed by atoms with Gasteiger partial charge in [-0.1, -0.05) is 30.3 Å². The molecule has 28 heavy (non-hydrogen) atoms. The van der Waals surface area contributed by atoms with Crippen LogP contribution in [0.2, 0.25) is 0 Å². The molecule has 0 saturated heterocycles. The van der Waals surface area contributed by atoms with Crippen molar-refractivity contribution in [1.29, 1.82) is 0 Å². The molecule has 8 heteroatoms. The van der Waals surface area contributed by atoms with Crippen LogP contribution in [0, 0.1) is 24.4 Å². The van der Waals surface area contributed by atoms with Gasteiger partial charge in [0.15, 0.2) is 5.82 Å². The molecule has 2 aromatic carbocycles. The first-order valence-electron chi connectivity index (χ1n) is 8.64. The van der Waals surface area contributed by atoms with Gasteiger partial charge in [-0.25, -0.2) is 14.2 Å². The van der Waals surface area contributed by atoms with Crippen LogP contribution in [0.5, 0.6) is 0 Å². The Morgan fingerprint density at radius 2 is 1.79 bits per heavy atom. The lowest BCUT2D eigenvalue weighted by Crippen LogP contribution is -2.00. The molecule has 0 aliphatic rings. The van der Waals surface area contributed by atoms with E-state index in [0.29, 0.717) is 11.4 Å². The molecule has 2 heterocycles. The van der Waals surface area contributed by atoms with E-state index >= 15 is 0 Å². The lowest BCUT2D eigenvalue weighted by atomic mass is 10.2. The van der Waals surface area contributed by atoms with Crippen molar-refractivity contribution < 1.29 is 4.39 Å². The zero-order valence-electron chi connectivity index (χ0n) is 15.3. The zero-order chi connectivity index (χ0) is 19.7. The van der Waals surface area contributed by atoms with Crippen LogP contribution in [0.3, 0.4) is 0 Å². The minimum atomic E-state index is -0.391. The molecule has 0 radical (unpaired) electrons. The number of aromatic amines is 1. The number of para-hydroxylation sites is 1. The molecular weight excluding hydrogens is 375 g/mol. The summed E-state index contributed by atoms with van der Waals surface area (Å²) in [5.74, 6) is -0.0812. The molecule has 0 spiro atoms. The monoisotopic (exact) mass is 392 g/mol. The highest BCUT2D eigenvalue weighted by Gasteiger charge is 2.14. The Hall–Kier alpha value is -3.39. The van der Waals surface area contributed by atoms with E-state index in [1.165, 1.54) is 10.7 Å². The Labute approximate surface area is 166 Å². The molecular formula is C20H17FN6S. The second kappa shape index (κ2) is 7.32. The van der Waals surface area contributed by atoms with Crippen molar-refractivity contribution in [1.82, 2.24) is 24.7 Å². The van der Waals surface area contributed by atoms with E-state index in [2.05, 4.69) is 20.4 Å². The number of aromatic nitrogens is 5. The molecule has 0 aliphatic heterocycles. The Kier molecular flexibility index (Phi) is 4.70. The predicted molar refractivity (Wildman–Crippen MR) is 109 cm³/mol. The van der Waals surface area contributed by atoms with Crippen LogP contribution < -0.4 is 0 Å². The second-order valence-corrected chi connectivity index (χ2v) is 6.61. The van der Waals surface area contributed by atoms with Crippen LogP contribution in [0.15, 0.2) is 59.7 Å². The maximum absolute atomic E-state index is 14.2. The fraction of sp³-hybridized carbons (Fsp3) is 0.100. The molecule has 140 valence electrons. The fourth-order valence-electron chi connectivity index (χ4n) is 2.99. The fourth-order valence-corrected chi connectivity index (χ4v) is 3.17. The Morgan fingerprint density at radius 3 is 2.54 bits per heavy atom. The number of hydrogen-bond acceptors (Lipinski definition) is 4. The number of rotatable bonds is 4. The van der Waals surface area contributed by atoms with Gasteiger partial charge >= 0.3 is 0 Å². The third kappa shape index (κ3) is 3.18. The first-order valence-corrected chi connectivity index (χ1v) is 9.05. The van der Waals surface area contributed by atoms with Crippen molar-refractivity contribution in [2.45, 2.75) is 13.8 Å². The maximum atomic E-state index is 14.2. The van der Waals surface area contributed by atoms with Crippen LogP contribution in [0.1, 0.15) is 17.0 Å². The number of hydrogen-bond donors (Lipinski definition) is 1. The highest BCUT2D eigenvalue weighted by Crippen LogP contribution is 2.21. The molecule has 0 saturated carbocycles. The number of H-pyrrole nitrogens is 1. The first kappa shape index (κ1) is 18.0. The van der Waals surface area contributed by atoms with Gasteiger partial charge in [-0.05, 0) is 50.3 Å². The number of aryl methyl sites for hydroxylation is 1. The van der Waals surface area contributed by atoms with Gasteiger partial charge in [0.05, 0.1) is 28.9 Å². The van der Waals surface area contributed by atoms with E-state index in [1.54, 1.807) is 24.4 Å². The van der Waals surface area contributed by atoms with Crippen LogP contribution in [-0.2, 0) is 0 Å². The van der Waals surface area contributed by atoms with Gasteiger partial charge in [-0.3, -0.25) is 0 Å². The Bertz CT molecular complexity index is 1220. The average molecular weight is 392 g/mol. The van der Waals surface area contributed by atoms with Crippen molar-refractivity contribution in [3.05, 3.63) is 82.1 Å². The summed E-state index contributed by atoms with van der Waals surface area (Å²) in [5, 5.41) is 15.9. The minimum Gasteiger partial charge on any atom is -0.250 e. The van der Waals surface area contributed by atoms with Crippen LogP contribution in [0.4, 0.5) is 4.39 Å². The molecule has 0 amide bonds. The van der Waals surface area contributed by atoms with Gasteiger partial charge in [0.2, 0.25) is 4.77 Å². The minimum absolute atomic E-state index is 0.278. The lowest BCUT2D eigenvalue weighted by Gasteiger charge is -2.04. The standard InChI is InChI=1S/C20H17FN6S/c1-13-17(14(2)26(25-13)15-8-4-3-5-9-15)12-22-27-19(23-24-20(27)28)16-10-6-7-11-18(16)21/h3-12H,1-2H3,(H,24,28)/b22-12-.